The molecule has 2 aromatic rings. The summed E-state index contributed by atoms with van der Waals surface area (Å²) in [6.07, 6.45) is 1.56. The fourth-order valence-electron chi connectivity index (χ4n) is 3.75. The predicted octanol–water partition coefficient (Wildman–Crippen LogP) is -1.87. The number of carboxylic acids is 2. The van der Waals surface area contributed by atoms with Crippen molar-refractivity contribution in [2.45, 2.75) is 50.2 Å². The fourth-order valence-corrected chi connectivity index (χ4v) is 3.75. The quantitative estimate of drug-likeness (QED) is 0.0642. The molecular weight excluding hydrogens is 512 g/mol. The van der Waals surface area contributed by atoms with Crippen molar-refractivity contribution >= 4 is 46.5 Å². The van der Waals surface area contributed by atoms with Crippen molar-refractivity contribution in [3.05, 3.63) is 36.0 Å². The van der Waals surface area contributed by atoms with Gasteiger partial charge in [0, 0.05) is 36.5 Å². The van der Waals surface area contributed by atoms with Gasteiger partial charge in [-0.1, -0.05) is 18.2 Å². The van der Waals surface area contributed by atoms with Crippen LogP contribution in [0.15, 0.2) is 35.5 Å². The molecule has 0 aliphatic rings. The van der Waals surface area contributed by atoms with Crippen LogP contribution in [0.1, 0.15) is 31.2 Å². The summed E-state index contributed by atoms with van der Waals surface area (Å²) in [4.78, 5) is 67.5. The molecule has 3 unspecified atom stereocenters. The molecule has 0 radical (unpaired) electrons. The van der Waals surface area contributed by atoms with Crippen LogP contribution in [-0.2, 0) is 30.4 Å². The third-order valence-electron chi connectivity index (χ3n) is 5.73. The normalized spacial score (nSPS) is 13.1. The lowest BCUT2D eigenvalue weighted by atomic mass is 10.0. The second-order valence-electron chi connectivity index (χ2n) is 8.79. The molecule has 0 aliphatic carbocycles. The van der Waals surface area contributed by atoms with Crippen LogP contribution in [0.4, 0.5) is 0 Å². The number of para-hydroxylation sites is 1. The van der Waals surface area contributed by atoms with E-state index in [9.17, 15) is 24.0 Å². The minimum absolute atomic E-state index is 0.0218. The molecule has 1 aromatic carbocycles. The van der Waals surface area contributed by atoms with E-state index in [2.05, 4.69) is 25.9 Å². The van der Waals surface area contributed by atoms with Crippen LogP contribution in [0.5, 0.6) is 0 Å². The summed E-state index contributed by atoms with van der Waals surface area (Å²) in [6, 6.07) is 3.78. The third-order valence-corrected chi connectivity index (χ3v) is 5.73. The standard InChI is InChI=1S/C24H34N8O7/c25-15(7-8-19(33)34)21(37)31-17(6-3-9-28-24(26)27)23(39)32-18(22(38)30-12-20(35)36)10-13-11-29-16-5-2-1-4-14(13)16/h1-2,4-5,11,15,17-18,29H,3,6-10,12,25H2,(H,30,38)(H,31,37)(H,32,39)(H,33,34)(H,35,36)(H4,26,27,28). The van der Waals surface area contributed by atoms with Crippen molar-refractivity contribution in [3.63, 3.8) is 0 Å². The van der Waals surface area contributed by atoms with Crippen molar-refractivity contribution in [2.75, 3.05) is 13.1 Å². The van der Waals surface area contributed by atoms with E-state index < -0.39 is 54.3 Å². The summed E-state index contributed by atoms with van der Waals surface area (Å²) in [5.41, 5.74) is 17.9. The molecule has 2 rings (SSSR count). The minimum Gasteiger partial charge on any atom is -0.481 e. The summed E-state index contributed by atoms with van der Waals surface area (Å²) in [5.74, 6) is -4.75. The van der Waals surface area contributed by atoms with E-state index in [1.54, 1.807) is 6.20 Å². The van der Waals surface area contributed by atoms with Crippen molar-refractivity contribution in [1.29, 1.82) is 0 Å². The lowest BCUT2D eigenvalue weighted by molar-refractivity contribution is -0.139. The number of aromatic nitrogens is 1. The Hall–Kier alpha value is -4.66. The number of nitrogens with zero attached hydrogens (tertiary/aromatic N) is 1. The van der Waals surface area contributed by atoms with E-state index in [0.29, 0.717) is 5.56 Å². The Labute approximate surface area is 223 Å². The van der Waals surface area contributed by atoms with Gasteiger partial charge in [-0.15, -0.1) is 0 Å². The monoisotopic (exact) mass is 546 g/mol. The Bertz CT molecular complexity index is 1210. The van der Waals surface area contributed by atoms with E-state index in [0.717, 1.165) is 10.9 Å². The maximum Gasteiger partial charge on any atom is 0.322 e. The number of H-pyrrole nitrogens is 1. The highest BCUT2D eigenvalue weighted by molar-refractivity contribution is 5.94. The van der Waals surface area contributed by atoms with Gasteiger partial charge >= 0.3 is 11.9 Å². The Kier molecular flexibility index (Phi) is 11.7. The molecule has 1 aromatic heterocycles. The van der Waals surface area contributed by atoms with Gasteiger partial charge in [0.25, 0.3) is 0 Å². The summed E-state index contributed by atoms with van der Waals surface area (Å²) >= 11 is 0. The number of carbonyl (C=O) groups excluding carboxylic acids is 3. The van der Waals surface area contributed by atoms with E-state index in [1.165, 1.54) is 0 Å². The summed E-state index contributed by atoms with van der Waals surface area (Å²) < 4.78 is 0. The van der Waals surface area contributed by atoms with Crippen LogP contribution in [0.2, 0.25) is 0 Å². The second-order valence-corrected chi connectivity index (χ2v) is 8.79. The number of aliphatic imine (C=N–C) groups is 1. The van der Waals surface area contributed by atoms with Crippen LogP contribution < -0.4 is 33.2 Å². The highest BCUT2D eigenvalue weighted by atomic mass is 16.4. The highest BCUT2D eigenvalue weighted by Crippen LogP contribution is 2.19. The maximum atomic E-state index is 13.3. The number of hydrogen-bond donors (Lipinski definition) is 9. The number of rotatable bonds is 16. The summed E-state index contributed by atoms with van der Waals surface area (Å²) in [5, 5.41) is 26.0. The molecule has 0 spiro atoms. The van der Waals surface area contributed by atoms with Crippen LogP contribution in [-0.4, -0.2) is 82.0 Å². The molecule has 15 nitrogen and oxygen atoms in total. The largest absolute Gasteiger partial charge is 0.481 e. The number of hydrogen-bond acceptors (Lipinski definition) is 7. The Morgan fingerprint density at radius 1 is 0.923 bits per heavy atom. The topological polar surface area (TPSA) is 268 Å². The van der Waals surface area contributed by atoms with Crippen molar-refractivity contribution in [3.8, 4) is 0 Å². The number of nitrogens with one attached hydrogen (secondary N) is 4. The molecule has 3 atom stereocenters. The van der Waals surface area contributed by atoms with E-state index in [1.807, 2.05) is 24.3 Å². The van der Waals surface area contributed by atoms with Crippen LogP contribution >= 0.6 is 0 Å². The number of carboxylic acid groups (broad SMARTS) is 2. The molecule has 0 saturated heterocycles. The molecule has 0 fully saturated rings. The highest BCUT2D eigenvalue weighted by Gasteiger charge is 2.29. The minimum atomic E-state index is -1.26. The Balaban J connectivity index is 2.23. The molecule has 0 aliphatic heterocycles. The van der Waals surface area contributed by atoms with E-state index >= 15 is 0 Å². The van der Waals surface area contributed by atoms with E-state index in [-0.39, 0.29) is 44.6 Å². The smallest absolute Gasteiger partial charge is 0.322 e. The third kappa shape index (κ3) is 10.3. The number of aromatic amines is 1. The van der Waals surface area contributed by atoms with Gasteiger partial charge in [-0.05, 0) is 30.9 Å². The lowest BCUT2D eigenvalue weighted by Gasteiger charge is -2.24. The first-order valence-corrected chi connectivity index (χ1v) is 12.2. The van der Waals surface area contributed by atoms with Gasteiger partial charge in [0.2, 0.25) is 17.7 Å². The zero-order valence-electron chi connectivity index (χ0n) is 21.2. The number of amides is 3. The van der Waals surface area contributed by atoms with Gasteiger partial charge in [-0.2, -0.15) is 0 Å². The zero-order valence-corrected chi connectivity index (χ0v) is 21.2. The molecule has 0 saturated carbocycles. The van der Waals surface area contributed by atoms with Gasteiger partial charge in [0.15, 0.2) is 5.96 Å². The number of aliphatic carboxylic acids is 2. The first-order valence-electron chi connectivity index (χ1n) is 12.2. The summed E-state index contributed by atoms with van der Waals surface area (Å²) in [7, 11) is 0. The summed E-state index contributed by atoms with van der Waals surface area (Å²) in [6.45, 7) is -0.499. The average molecular weight is 547 g/mol. The van der Waals surface area contributed by atoms with Gasteiger partial charge in [0.05, 0.1) is 6.04 Å². The van der Waals surface area contributed by atoms with Gasteiger partial charge < -0.3 is 48.3 Å². The predicted molar refractivity (Wildman–Crippen MR) is 141 cm³/mol. The fraction of sp³-hybridized carbons (Fsp3) is 0.417. The van der Waals surface area contributed by atoms with Gasteiger partial charge in [0.1, 0.15) is 18.6 Å². The van der Waals surface area contributed by atoms with Crippen LogP contribution in [0, 0.1) is 0 Å². The number of carbonyl (C=O) groups is 5. The molecular formula is C24H34N8O7. The molecule has 15 heteroatoms. The number of benzene rings is 1. The molecule has 39 heavy (non-hydrogen) atoms. The van der Waals surface area contributed by atoms with Crippen LogP contribution in [0.3, 0.4) is 0 Å². The number of fused-ring (bicyclic) bond motifs is 1. The molecule has 1 heterocycles. The molecule has 212 valence electrons. The first-order chi connectivity index (χ1) is 18.5. The molecule has 3 amide bonds. The Morgan fingerprint density at radius 2 is 1.62 bits per heavy atom. The van der Waals surface area contributed by atoms with Crippen molar-refractivity contribution in [2.24, 2.45) is 22.2 Å². The maximum absolute atomic E-state index is 13.3. The van der Waals surface area contributed by atoms with Crippen molar-refractivity contribution < 1.29 is 34.2 Å². The average Bonchev–Trinajstić information content (AvgIpc) is 3.29. The van der Waals surface area contributed by atoms with Crippen molar-refractivity contribution in [1.82, 2.24) is 20.9 Å². The lowest BCUT2D eigenvalue weighted by Crippen LogP contribution is -2.56. The zero-order chi connectivity index (χ0) is 28.9. The number of nitrogens with two attached hydrogens (primary N) is 3. The molecule has 0 bridgehead atoms. The second kappa shape index (κ2) is 14.9. The van der Waals surface area contributed by atoms with E-state index in [4.69, 9.17) is 27.4 Å². The number of guanidine groups is 1. The Morgan fingerprint density at radius 3 is 2.28 bits per heavy atom. The first kappa shape index (κ1) is 30.6. The van der Waals surface area contributed by atoms with Gasteiger partial charge in [-0.25, -0.2) is 0 Å². The van der Waals surface area contributed by atoms with Crippen LogP contribution in [0.25, 0.3) is 10.9 Å². The SMILES string of the molecule is NC(N)=NCCCC(NC(=O)C(N)CCC(=O)O)C(=O)NC(Cc1c[nH]c2ccccc12)C(=O)NCC(=O)O. The molecule has 12 N–H and O–H groups in total. The van der Waals surface area contributed by atoms with Gasteiger partial charge in [-0.3, -0.25) is 29.0 Å².